The van der Waals surface area contributed by atoms with Gasteiger partial charge >= 0.3 is 0 Å². The number of nitrogens with zero attached hydrogens (tertiary/aromatic N) is 2. The van der Waals surface area contributed by atoms with Crippen LogP contribution >= 0.6 is 0 Å². The van der Waals surface area contributed by atoms with Gasteiger partial charge in [0, 0.05) is 38.3 Å². The fourth-order valence-corrected chi connectivity index (χ4v) is 3.31. The van der Waals surface area contributed by atoms with Crippen molar-refractivity contribution in [3.05, 3.63) is 42.5 Å². The van der Waals surface area contributed by atoms with Gasteiger partial charge in [0.15, 0.2) is 0 Å². The Morgan fingerprint density at radius 2 is 1.83 bits per heavy atom. The van der Waals surface area contributed by atoms with E-state index in [9.17, 15) is 9.59 Å². The first-order chi connectivity index (χ1) is 11.7. The van der Waals surface area contributed by atoms with Crippen molar-refractivity contribution >= 4 is 17.5 Å². The third-order valence-corrected chi connectivity index (χ3v) is 4.75. The van der Waals surface area contributed by atoms with E-state index in [0.717, 1.165) is 25.9 Å². The van der Waals surface area contributed by atoms with Crippen LogP contribution in [-0.2, 0) is 9.59 Å². The number of rotatable bonds is 5. The van der Waals surface area contributed by atoms with Crippen LogP contribution in [0.25, 0.3) is 0 Å². The van der Waals surface area contributed by atoms with Gasteiger partial charge in [0.25, 0.3) is 0 Å². The Morgan fingerprint density at radius 1 is 1.08 bits per heavy atom. The van der Waals surface area contributed by atoms with Crippen LogP contribution < -0.4 is 10.2 Å². The number of carbonyl (C=O) groups is 2. The molecule has 5 nitrogen and oxygen atoms in total. The van der Waals surface area contributed by atoms with Gasteiger partial charge in [0.1, 0.15) is 0 Å². The normalized spacial score (nSPS) is 20.2. The smallest absolute Gasteiger partial charge is 0.242 e. The molecule has 2 amide bonds. The quantitative estimate of drug-likeness (QED) is 0.839. The van der Waals surface area contributed by atoms with E-state index in [1.54, 1.807) is 0 Å². The second-order valence-electron chi connectivity index (χ2n) is 6.45. The SMILES string of the molecule is O=C(CC1C=CCC1)NCC(=O)N1CCN(c2ccccc2)CC1. The number of para-hydroxylation sites is 1. The predicted molar refractivity (Wildman–Crippen MR) is 94.7 cm³/mol. The van der Waals surface area contributed by atoms with Gasteiger partial charge in [0.05, 0.1) is 6.54 Å². The number of amides is 2. The number of anilines is 1. The van der Waals surface area contributed by atoms with E-state index in [0.29, 0.717) is 25.4 Å². The molecule has 24 heavy (non-hydrogen) atoms. The van der Waals surface area contributed by atoms with Crippen molar-refractivity contribution in [1.29, 1.82) is 0 Å². The maximum atomic E-state index is 12.3. The largest absolute Gasteiger partial charge is 0.368 e. The number of piperazine rings is 1. The van der Waals surface area contributed by atoms with E-state index in [4.69, 9.17) is 0 Å². The first-order valence-electron chi connectivity index (χ1n) is 8.73. The fourth-order valence-electron chi connectivity index (χ4n) is 3.31. The molecule has 1 aromatic rings. The van der Waals surface area contributed by atoms with Gasteiger partial charge in [-0.3, -0.25) is 9.59 Å². The summed E-state index contributed by atoms with van der Waals surface area (Å²) in [7, 11) is 0. The van der Waals surface area contributed by atoms with Gasteiger partial charge in [-0.15, -0.1) is 0 Å². The van der Waals surface area contributed by atoms with Crippen molar-refractivity contribution in [2.75, 3.05) is 37.6 Å². The molecule has 1 aliphatic heterocycles. The fraction of sp³-hybridized carbons (Fsp3) is 0.474. The Hall–Kier alpha value is -2.30. The predicted octanol–water partition coefficient (Wildman–Crippen LogP) is 1.81. The lowest BCUT2D eigenvalue weighted by Gasteiger charge is -2.36. The summed E-state index contributed by atoms with van der Waals surface area (Å²) in [6.07, 6.45) is 6.82. The number of allylic oxidation sites excluding steroid dienone is 2. The highest BCUT2D eigenvalue weighted by Crippen LogP contribution is 2.20. The zero-order valence-corrected chi connectivity index (χ0v) is 14.0. The number of carbonyl (C=O) groups excluding carboxylic acids is 2. The van der Waals surface area contributed by atoms with Crippen LogP contribution in [0.15, 0.2) is 42.5 Å². The first-order valence-corrected chi connectivity index (χ1v) is 8.73. The monoisotopic (exact) mass is 327 g/mol. The Kier molecular flexibility index (Phi) is 5.51. The molecular formula is C19H25N3O2. The molecule has 1 N–H and O–H groups in total. The molecule has 1 fully saturated rings. The minimum Gasteiger partial charge on any atom is -0.368 e. The van der Waals surface area contributed by atoms with Gasteiger partial charge in [-0.2, -0.15) is 0 Å². The molecule has 0 aromatic heterocycles. The van der Waals surface area contributed by atoms with Crippen LogP contribution in [0.1, 0.15) is 19.3 Å². The summed E-state index contributed by atoms with van der Waals surface area (Å²) in [4.78, 5) is 28.3. The number of hydrogen-bond acceptors (Lipinski definition) is 3. The van der Waals surface area contributed by atoms with Crippen LogP contribution in [0.4, 0.5) is 5.69 Å². The molecule has 1 unspecified atom stereocenters. The molecule has 1 saturated heterocycles. The summed E-state index contributed by atoms with van der Waals surface area (Å²) in [5, 5.41) is 2.77. The molecule has 0 spiro atoms. The lowest BCUT2D eigenvalue weighted by molar-refractivity contribution is -0.133. The average Bonchev–Trinajstić information content (AvgIpc) is 3.13. The molecule has 1 aromatic carbocycles. The molecule has 3 rings (SSSR count). The van der Waals surface area contributed by atoms with Gasteiger partial charge in [-0.1, -0.05) is 30.4 Å². The van der Waals surface area contributed by atoms with Crippen LogP contribution in [0.5, 0.6) is 0 Å². The molecular weight excluding hydrogens is 302 g/mol. The minimum atomic E-state index is -0.0252. The van der Waals surface area contributed by atoms with E-state index in [-0.39, 0.29) is 18.4 Å². The third kappa shape index (κ3) is 4.37. The van der Waals surface area contributed by atoms with Crippen LogP contribution in [-0.4, -0.2) is 49.4 Å². The van der Waals surface area contributed by atoms with Crippen molar-refractivity contribution < 1.29 is 9.59 Å². The van der Waals surface area contributed by atoms with E-state index in [1.165, 1.54) is 5.69 Å². The van der Waals surface area contributed by atoms with Crippen molar-refractivity contribution in [1.82, 2.24) is 10.2 Å². The highest BCUT2D eigenvalue weighted by atomic mass is 16.2. The van der Waals surface area contributed by atoms with Crippen molar-refractivity contribution in [2.45, 2.75) is 19.3 Å². The molecule has 0 bridgehead atoms. The first kappa shape index (κ1) is 16.6. The molecule has 1 heterocycles. The molecule has 2 aliphatic rings. The van der Waals surface area contributed by atoms with Gasteiger partial charge in [-0.25, -0.2) is 0 Å². The molecule has 0 saturated carbocycles. The van der Waals surface area contributed by atoms with Crippen molar-refractivity contribution in [3.63, 3.8) is 0 Å². The maximum Gasteiger partial charge on any atom is 0.242 e. The summed E-state index contributed by atoms with van der Waals surface area (Å²) >= 11 is 0. The summed E-state index contributed by atoms with van der Waals surface area (Å²) in [5.74, 6) is 0.329. The maximum absolute atomic E-state index is 12.3. The van der Waals surface area contributed by atoms with Gasteiger partial charge < -0.3 is 15.1 Å². The van der Waals surface area contributed by atoms with Crippen LogP contribution in [0.3, 0.4) is 0 Å². The van der Waals surface area contributed by atoms with E-state index in [1.807, 2.05) is 23.1 Å². The molecule has 1 atom stereocenters. The molecule has 128 valence electrons. The highest BCUT2D eigenvalue weighted by molar-refractivity contribution is 5.85. The summed E-state index contributed by atoms with van der Waals surface area (Å²) in [5.41, 5.74) is 1.20. The van der Waals surface area contributed by atoms with E-state index in [2.05, 4.69) is 34.5 Å². The van der Waals surface area contributed by atoms with Crippen molar-refractivity contribution in [3.8, 4) is 0 Å². The standard InChI is InChI=1S/C19H25N3O2/c23-18(14-16-6-4-5-7-16)20-15-19(24)22-12-10-21(11-13-22)17-8-2-1-3-9-17/h1-4,6,8-9,16H,5,7,10-15H2,(H,20,23). The average molecular weight is 327 g/mol. The summed E-state index contributed by atoms with van der Waals surface area (Å²) in [6.45, 7) is 3.18. The number of hydrogen-bond donors (Lipinski definition) is 1. The number of benzene rings is 1. The minimum absolute atomic E-state index is 0.0121. The Morgan fingerprint density at radius 3 is 2.50 bits per heavy atom. The van der Waals surface area contributed by atoms with E-state index >= 15 is 0 Å². The number of nitrogens with one attached hydrogen (secondary N) is 1. The summed E-state index contributed by atoms with van der Waals surface area (Å²) in [6, 6.07) is 10.3. The van der Waals surface area contributed by atoms with Crippen molar-refractivity contribution in [2.24, 2.45) is 5.92 Å². The van der Waals surface area contributed by atoms with Crippen LogP contribution in [0.2, 0.25) is 0 Å². The lowest BCUT2D eigenvalue weighted by Crippen LogP contribution is -2.51. The second kappa shape index (κ2) is 7.99. The Labute approximate surface area is 143 Å². The van der Waals surface area contributed by atoms with Crippen LogP contribution in [0, 0.1) is 5.92 Å². The molecule has 1 aliphatic carbocycles. The zero-order valence-electron chi connectivity index (χ0n) is 14.0. The Balaban J connectivity index is 1.39. The topological polar surface area (TPSA) is 52.7 Å². The zero-order chi connectivity index (χ0) is 16.8. The van der Waals surface area contributed by atoms with Gasteiger partial charge in [0.2, 0.25) is 11.8 Å². The van der Waals surface area contributed by atoms with Gasteiger partial charge in [-0.05, 0) is 30.9 Å². The highest BCUT2D eigenvalue weighted by Gasteiger charge is 2.22. The Bertz CT molecular complexity index is 592. The third-order valence-electron chi connectivity index (χ3n) is 4.75. The molecule has 0 radical (unpaired) electrons. The second-order valence-corrected chi connectivity index (χ2v) is 6.45. The summed E-state index contributed by atoms with van der Waals surface area (Å²) < 4.78 is 0. The van der Waals surface area contributed by atoms with E-state index < -0.39 is 0 Å². The molecule has 5 heteroatoms. The lowest BCUT2D eigenvalue weighted by atomic mass is 10.1.